The van der Waals surface area contributed by atoms with Crippen LogP contribution in [-0.4, -0.2) is 22.2 Å². The van der Waals surface area contributed by atoms with Crippen LogP contribution < -0.4 is 10.1 Å². The van der Waals surface area contributed by atoms with Crippen molar-refractivity contribution in [1.29, 1.82) is 0 Å². The molecule has 0 aliphatic carbocycles. The normalized spacial score (nSPS) is 11.9. The Labute approximate surface area is 162 Å². The molecule has 0 aliphatic rings. The van der Waals surface area contributed by atoms with E-state index >= 15 is 0 Å². The number of carbonyl (C=O) groups excluding carboxylic acids is 1. The molecule has 0 bridgehead atoms. The van der Waals surface area contributed by atoms with Crippen LogP contribution in [0.15, 0.2) is 47.0 Å². The lowest BCUT2D eigenvalue weighted by atomic mass is 10.1. The van der Waals surface area contributed by atoms with E-state index in [0.717, 1.165) is 16.7 Å². The molecule has 1 amide bonds. The van der Waals surface area contributed by atoms with Gasteiger partial charge < -0.3 is 14.6 Å². The average Bonchev–Trinajstić information content (AvgIpc) is 3.12. The molecule has 1 aromatic heterocycles. The summed E-state index contributed by atoms with van der Waals surface area (Å²) in [6.07, 6.45) is -0.676. The van der Waals surface area contributed by atoms with E-state index in [1.54, 1.807) is 25.1 Å². The molecule has 1 heterocycles. The van der Waals surface area contributed by atoms with Crippen molar-refractivity contribution in [3.8, 4) is 17.1 Å². The molecular weight excluding hydrogens is 366 g/mol. The molecule has 0 fully saturated rings. The number of nitrogens with zero attached hydrogens (tertiary/aromatic N) is 2. The lowest BCUT2D eigenvalue weighted by molar-refractivity contribution is -0.127. The van der Waals surface area contributed by atoms with Crippen LogP contribution in [0.5, 0.6) is 5.75 Å². The molecule has 3 aromatic rings. The van der Waals surface area contributed by atoms with Gasteiger partial charge in [0.05, 0.1) is 6.54 Å². The number of aromatic nitrogens is 2. The minimum Gasteiger partial charge on any atom is -0.481 e. The Morgan fingerprint density at radius 2 is 1.96 bits per heavy atom. The Morgan fingerprint density at radius 3 is 2.67 bits per heavy atom. The monoisotopic (exact) mass is 385 g/mol. The molecule has 6 nitrogen and oxygen atoms in total. The first-order valence-corrected chi connectivity index (χ1v) is 8.90. The van der Waals surface area contributed by atoms with E-state index in [9.17, 15) is 4.79 Å². The quantitative estimate of drug-likeness (QED) is 0.691. The van der Waals surface area contributed by atoms with Crippen molar-refractivity contribution >= 4 is 17.5 Å². The third kappa shape index (κ3) is 4.86. The highest BCUT2D eigenvalue weighted by Gasteiger charge is 2.16. The number of hydrogen-bond acceptors (Lipinski definition) is 5. The van der Waals surface area contributed by atoms with Crippen molar-refractivity contribution in [1.82, 2.24) is 15.5 Å². The van der Waals surface area contributed by atoms with Crippen LogP contribution in [0.25, 0.3) is 11.4 Å². The average molecular weight is 386 g/mol. The van der Waals surface area contributed by atoms with Crippen molar-refractivity contribution in [2.45, 2.75) is 33.4 Å². The number of benzene rings is 2. The van der Waals surface area contributed by atoms with Crippen molar-refractivity contribution < 1.29 is 14.1 Å². The number of aryl methyl sites for hydroxylation is 2. The van der Waals surface area contributed by atoms with Crippen LogP contribution in [-0.2, 0) is 11.3 Å². The van der Waals surface area contributed by atoms with Gasteiger partial charge in [-0.3, -0.25) is 4.79 Å². The maximum atomic E-state index is 12.2. The molecule has 2 aromatic carbocycles. The number of nitrogens with one attached hydrogen (secondary N) is 1. The summed E-state index contributed by atoms with van der Waals surface area (Å²) < 4.78 is 10.8. The highest BCUT2D eigenvalue weighted by Crippen LogP contribution is 2.22. The maximum absolute atomic E-state index is 12.2. The molecule has 140 valence electrons. The Balaban J connectivity index is 1.55. The zero-order chi connectivity index (χ0) is 19.4. The van der Waals surface area contributed by atoms with Crippen LogP contribution >= 0.6 is 11.6 Å². The Kier molecular flexibility index (Phi) is 5.76. The zero-order valence-electron chi connectivity index (χ0n) is 15.3. The number of hydrogen-bond donors (Lipinski definition) is 1. The van der Waals surface area contributed by atoms with Gasteiger partial charge in [-0.2, -0.15) is 4.98 Å². The van der Waals surface area contributed by atoms with Crippen LogP contribution in [0.4, 0.5) is 0 Å². The van der Waals surface area contributed by atoms with Gasteiger partial charge in [0.15, 0.2) is 6.10 Å². The van der Waals surface area contributed by atoms with Crippen molar-refractivity contribution in [3.05, 3.63) is 64.5 Å². The van der Waals surface area contributed by atoms with Crippen molar-refractivity contribution in [2.24, 2.45) is 0 Å². The van der Waals surface area contributed by atoms with E-state index in [-0.39, 0.29) is 12.5 Å². The van der Waals surface area contributed by atoms with E-state index in [2.05, 4.69) is 15.5 Å². The van der Waals surface area contributed by atoms with Gasteiger partial charge in [-0.05, 0) is 44.5 Å². The van der Waals surface area contributed by atoms with E-state index in [4.69, 9.17) is 20.9 Å². The third-order valence-electron chi connectivity index (χ3n) is 4.00. The second-order valence-electron chi connectivity index (χ2n) is 6.27. The van der Waals surface area contributed by atoms with Gasteiger partial charge in [-0.15, -0.1) is 0 Å². The van der Waals surface area contributed by atoms with Gasteiger partial charge in [-0.1, -0.05) is 46.6 Å². The predicted octanol–water partition coefficient (Wildman–Crippen LogP) is 4.09. The van der Waals surface area contributed by atoms with Crippen LogP contribution in [0, 0.1) is 13.8 Å². The number of carbonyl (C=O) groups is 1. The lowest BCUT2D eigenvalue weighted by Gasteiger charge is -2.14. The van der Waals surface area contributed by atoms with Gasteiger partial charge >= 0.3 is 0 Å². The minimum atomic E-state index is -0.676. The van der Waals surface area contributed by atoms with Gasteiger partial charge in [0.25, 0.3) is 5.91 Å². The van der Waals surface area contributed by atoms with Crippen molar-refractivity contribution in [3.63, 3.8) is 0 Å². The summed E-state index contributed by atoms with van der Waals surface area (Å²) in [5.41, 5.74) is 2.90. The Hall–Kier alpha value is -2.86. The molecule has 0 saturated heterocycles. The smallest absolute Gasteiger partial charge is 0.261 e. The summed E-state index contributed by atoms with van der Waals surface area (Å²) in [5, 5.41) is 7.33. The SMILES string of the molecule is Cc1ccc(-c2noc(CNC(=O)[C@H](C)Oc3ccc(Cl)c(C)c3)n2)cc1. The van der Waals surface area contributed by atoms with Crippen LogP contribution in [0.2, 0.25) is 5.02 Å². The molecule has 0 spiro atoms. The second-order valence-corrected chi connectivity index (χ2v) is 6.67. The summed E-state index contributed by atoms with van der Waals surface area (Å²) in [6.45, 7) is 5.69. The summed E-state index contributed by atoms with van der Waals surface area (Å²) in [7, 11) is 0. The lowest BCUT2D eigenvalue weighted by Crippen LogP contribution is -2.36. The van der Waals surface area contributed by atoms with E-state index in [0.29, 0.717) is 22.5 Å². The summed E-state index contributed by atoms with van der Waals surface area (Å²) in [5.74, 6) is 1.12. The fraction of sp³-hybridized carbons (Fsp3) is 0.250. The first-order chi connectivity index (χ1) is 12.9. The number of amides is 1. The molecule has 7 heteroatoms. The van der Waals surface area contributed by atoms with Gasteiger partial charge in [0.1, 0.15) is 5.75 Å². The number of rotatable bonds is 6. The molecule has 1 atom stereocenters. The first kappa shape index (κ1) is 18.9. The standard InChI is InChI=1S/C20H20ClN3O3/c1-12-4-6-15(7-5-12)19-23-18(27-24-19)11-22-20(25)14(3)26-16-8-9-17(21)13(2)10-16/h4-10,14H,11H2,1-3H3,(H,22,25)/t14-/m0/s1. The van der Waals surface area contributed by atoms with Crippen molar-refractivity contribution in [2.75, 3.05) is 0 Å². The fourth-order valence-electron chi connectivity index (χ4n) is 2.40. The number of halogens is 1. The Bertz CT molecular complexity index is 938. The number of ether oxygens (including phenoxy) is 1. The highest BCUT2D eigenvalue weighted by atomic mass is 35.5. The first-order valence-electron chi connectivity index (χ1n) is 8.52. The van der Waals surface area contributed by atoms with Gasteiger partial charge in [0.2, 0.25) is 11.7 Å². The highest BCUT2D eigenvalue weighted by molar-refractivity contribution is 6.31. The molecular formula is C20H20ClN3O3. The Morgan fingerprint density at radius 1 is 1.22 bits per heavy atom. The largest absolute Gasteiger partial charge is 0.481 e. The molecule has 0 aliphatic heterocycles. The molecule has 1 N–H and O–H groups in total. The summed E-state index contributed by atoms with van der Waals surface area (Å²) >= 11 is 5.99. The van der Waals surface area contributed by atoms with E-state index in [1.807, 2.05) is 38.1 Å². The van der Waals surface area contributed by atoms with Crippen LogP contribution in [0.1, 0.15) is 23.9 Å². The maximum Gasteiger partial charge on any atom is 0.261 e. The molecule has 3 rings (SSSR count). The molecule has 0 radical (unpaired) electrons. The van der Waals surface area contributed by atoms with Gasteiger partial charge in [-0.25, -0.2) is 0 Å². The second kappa shape index (κ2) is 8.22. The van der Waals surface area contributed by atoms with E-state index in [1.165, 1.54) is 0 Å². The fourth-order valence-corrected chi connectivity index (χ4v) is 2.52. The topological polar surface area (TPSA) is 77.2 Å². The minimum absolute atomic E-state index is 0.130. The molecule has 27 heavy (non-hydrogen) atoms. The predicted molar refractivity (Wildman–Crippen MR) is 103 cm³/mol. The zero-order valence-corrected chi connectivity index (χ0v) is 16.1. The van der Waals surface area contributed by atoms with Crippen LogP contribution in [0.3, 0.4) is 0 Å². The third-order valence-corrected chi connectivity index (χ3v) is 4.43. The summed E-state index contributed by atoms with van der Waals surface area (Å²) in [4.78, 5) is 16.5. The van der Waals surface area contributed by atoms with E-state index < -0.39 is 6.10 Å². The summed E-state index contributed by atoms with van der Waals surface area (Å²) in [6, 6.07) is 13.1. The van der Waals surface area contributed by atoms with Gasteiger partial charge in [0, 0.05) is 10.6 Å². The molecule has 0 unspecified atom stereocenters. The molecule has 0 saturated carbocycles.